The van der Waals surface area contributed by atoms with Crippen LogP contribution in [-0.4, -0.2) is 16.1 Å². The molecule has 0 aliphatic heterocycles. The van der Waals surface area contributed by atoms with Gasteiger partial charge < -0.3 is 0 Å². The van der Waals surface area contributed by atoms with Crippen LogP contribution in [0.2, 0.25) is 0 Å². The summed E-state index contributed by atoms with van der Waals surface area (Å²) in [4.78, 5) is 10.9. The molecule has 0 atom stereocenters. The fourth-order valence-electron chi connectivity index (χ4n) is 3.11. The second-order valence-corrected chi connectivity index (χ2v) is 5.48. The van der Waals surface area contributed by atoms with E-state index < -0.39 is 0 Å². The molecule has 0 saturated heterocycles. The largest absolute Gasteiger partial charge is 0.296 e. The number of hydrogen-bond donors (Lipinski definition) is 0. The molecule has 0 N–H and O–H groups in total. The summed E-state index contributed by atoms with van der Waals surface area (Å²) in [5, 5.41) is 4.50. The monoisotopic (exact) mass is 232 g/mol. The van der Waals surface area contributed by atoms with Gasteiger partial charge in [-0.3, -0.25) is 9.48 Å². The molecule has 2 saturated carbocycles. The molecule has 2 aliphatic carbocycles. The minimum atomic E-state index is 0.549. The maximum atomic E-state index is 10.9. The van der Waals surface area contributed by atoms with E-state index in [0.29, 0.717) is 17.7 Å². The van der Waals surface area contributed by atoms with Gasteiger partial charge in [-0.25, -0.2) is 0 Å². The number of nitrogens with zero attached hydrogens (tertiary/aromatic N) is 2. The lowest BCUT2D eigenvalue weighted by Gasteiger charge is -2.30. The summed E-state index contributed by atoms with van der Waals surface area (Å²) in [6, 6.07) is 2.57. The molecule has 0 radical (unpaired) electrons. The number of carbonyl (C=O) groups is 1. The second kappa shape index (κ2) is 4.63. The van der Waals surface area contributed by atoms with E-state index in [2.05, 4.69) is 9.78 Å². The molecule has 2 aliphatic rings. The van der Waals surface area contributed by atoms with Crippen molar-refractivity contribution in [3.63, 3.8) is 0 Å². The van der Waals surface area contributed by atoms with E-state index in [1.165, 1.54) is 57.1 Å². The van der Waals surface area contributed by atoms with Gasteiger partial charge in [0.1, 0.15) is 5.69 Å². The molecule has 1 aromatic heterocycles. The van der Waals surface area contributed by atoms with E-state index >= 15 is 0 Å². The molecule has 1 aromatic rings. The zero-order valence-electron chi connectivity index (χ0n) is 10.3. The molecule has 3 rings (SSSR count). The van der Waals surface area contributed by atoms with Gasteiger partial charge in [-0.2, -0.15) is 5.10 Å². The van der Waals surface area contributed by atoms with Crippen LogP contribution >= 0.6 is 0 Å². The summed E-state index contributed by atoms with van der Waals surface area (Å²) in [7, 11) is 0. The molecule has 3 nitrogen and oxygen atoms in total. The molecule has 17 heavy (non-hydrogen) atoms. The van der Waals surface area contributed by atoms with Crippen LogP contribution in [0.5, 0.6) is 0 Å². The average molecular weight is 232 g/mol. The Balaban J connectivity index is 1.89. The second-order valence-electron chi connectivity index (χ2n) is 5.48. The minimum Gasteiger partial charge on any atom is -0.296 e. The van der Waals surface area contributed by atoms with Crippen LogP contribution in [0.25, 0.3) is 0 Å². The van der Waals surface area contributed by atoms with Gasteiger partial charge in [0.25, 0.3) is 0 Å². The summed E-state index contributed by atoms with van der Waals surface area (Å²) >= 11 is 0. The molecule has 2 fully saturated rings. The van der Waals surface area contributed by atoms with Gasteiger partial charge in [-0.05, 0) is 31.7 Å². The smallest absolute Gasteiger partial charge is 0.170 e. The lowest BCUT2D eigenvalue weighted by molar-refractivity contribution is 0.111. The molecular formula is C14H20N2O. The van der Waals surface area contributed by atoms with Crippen LogP contribution < -0.4 is 0 Å². The summed E-state index contributed by atoms with van der Waals surface area (Å²) in [5.74, 6) is 0.665. The van der Waals surface area contributed by atoms with Gasteiger partial charge in [0.2, 0.25) is 0 Å². The number of hydrogen-bond acceptors (Lipinski definition) is 2. The van der Waals surface area contributed by atoms with E-state index in [-0.39, 0.29) is 0 Å². The summed E-state index contributed by atoms with van der Waals surface area (Å²) in [5.41, 5.74) is 1.95. The van der Waals surface area contributed by atoms with Crippen molar-refractivity contribution in [3.8, 4) is 0 Å². The zero-order valence-corrected chi connectivity index (χ0v) is 10.3. The quantitative estimate of drug-likeness (QED) is 0.748. The predicted molar refractivity (Wildman–Crippen MR) is 66.3 cm³/mol. The van der Waals surface area contributed by atoms with E-state index in [9.17, 15) is 4.79 Å². The maximum Gasteiger partial charge on any atom is 0.170 e. The first-order chi connectivity index (χ1) is 8.38. The third-order valence-corrected chi connectivity index (χ3v) is 4.35. The van der Waals surface area contributed by atoms with Crippen molar-refractivity contribution in [2.45, 2.75) is 63.3 Å². The average Bonchev–Trinajstić information content (AvgIpc) is 2.72. The Kier molecular flexibility index (Phi) is 3.00. The van der Waals surface area contributed by atoms with Crippen molar-refractivity contribution in [2.24, 2.45) is 0 Å². The Bertz CT molecular complexity index is 400. The van der Waals surface area contributed by atoms with Crippen LogP contribution in [0.4, 0.5) is 0 Å². The van der Waals surface area contributed by atoms with Crippen molar-refractivity contribution in [3.05, 3.63) is 17.5 Å². The highest BCUT2D eigenvalue weighted by Crippen LogP contribution is 2.39. The van der Waals surface area contributed by atoms with Crippen molar-refractivity contribution in [1.29, 1.82) is 0 Å². The first-order valence-electron chi connectivity index (χ1n) is 6.93. The van der Waals surface area contributed by atoms with Crippen LogP contribution in [0.1, 0.15) is 79.5 Å². The van der Waals surface area contributed by atoms with Crippen molar-refractivity contribution < 1.29 is 4.79 Å². The Morgan fingerprint density at radius 1 is 1.12 bits per heavy atom. The fraction of sp³-hybridized carbons (Fsp3) is 0.714. The molecule has 1 heterocycles. The van der Waals surface area contributed by atoms with E-state index in [4.69, 9.17) is 0 Å². The molecule has 3 heteroatoms. The lowest BCUT2D eigenvalue weighted by Crippen LogP contribution is -2.21. The first-order valence-corrected chi connectivity index (χ1v) is 6.93. The number of rotatable bonds is 3. The topological polar surface area (TPSA) is 34.9 Å². The Morgan fingerprint density at radius 2 is 1.88 bits per heavy atom. The Hall–Kier alpha value is -1.12. The van der Waals surface area contributed by atoms with Crippen LogP contribution in [0.3, 0.4) is 0 Å². The third kappa shape index (κ3) is 2.03. The number of carbonyl (C=O) groups excluding carboxylic acids is 1. The maximum absolute atomic E-state index is 10.9. The summed E-state index contributed by atoms with van der Waals surface area (Å²) < 4.78 is 2.19. The van der Waals surface area contributed by atoms with Gasteiger partial charge >= 0.3 is 0 Å². The predicted octanol–water partition coefficient (Wildman–Crippen LogP) is 3.47. The van der Waals surface area contributed by atoms with Crippen molar-refractivity contribution >= 4 is 6.29 Å². The summed E-state index contributed by atoms with van der Waals surface area (Å²) in [6.07, 6.45) is 11.2. The molecule has 0 bridgehead atoms. The van der Waals surface area contributed by atoms with Crippen molar-refractivity contribution in [1.82, 2.24) is 9.78 Å². The number of aromatic nitrogens is 2. The SMILES string of the molecule is O=Cc1cc(C2CCC2)n(C2CCCCC2)n1. The molecular weight excluding hydrogens is 212 g/mol. The Labute approximate surface area is 102 Å². The highest BCUT2D eigenvalue weighted by molar-refractivity contribution is 5.71. The third-order valence-electron chi connectivity index (χ3n) is 4.35. The first kappa shape index (κ1) is 11.0. The highest BCUT2D eigenvalue weighted by Gasteiger charge is 2.27. The van der Waals surface area contributed by atoms with Crippen LogP contribution in [0, 0.1) is 0 Å². The van der Waals surface area contributed by atoms with Gasteiger partial charge in [0, 0.05) is 11.6 Å². The zero-order chi connectivity index (χ0) is 11.7. The summed E-state index contributed by atoms with van der Waals surface area (Å²) in [6.45, 7) is 0. The van der Waals surface area contributed by atoms with Gasteiger partial charge in [0.05, 0.1) is 6.04 Å². The molecule has 0 aromatic carbocycles. The van der Waals surface area contributed by atoms with Gasteiger partial charge in [-0.15, -0.1) is 0 Å². The number of aldehydes is 1. The van der Waals surface area contributed by atoms with E-state index in [0.717, 1.165) is 6.29 Å². The van der Waals surface area contributed by atoms with Crippen LogP contribution in [-0.2, 0) is 0 Å². The lowest BCUT2D eigenvalue weighted by atomic mass is 9.82. The van der Waals surface area contributed by atoms with E-state index in [1.54, 1.807) is 0 Å². The fourth-order valence-corrected chi connectivity index (χ4v) is 3.11. The highest BCUT2D eigenvalue weighted by atomic mass is 16.1. The molecule has 0 amide bonds. The molecule has 0 unspecified atom stereocenters. The standard InChI is InChI=1S/C14H20N2O/c17-10-12-9-14(11-5-4-6-11)16(15-12)13-7-2-1-3-8-13/h9-11,13H,1-8H2. The van der Waals surface area contributed by atoms with Gasteiger partial charge in [-0.1, -0.05) is 25.7 Å². The van der Waals surface area contributed by atoms with E-state index in [1.807, 2.05) is 6.07 Å². The van der Waals surface area contributed by atoms with Gasteiger partial charge in [0.15, 0.2) is 6.29 Å². The normalized spacial score (nSPS) is 22.4. The minimum absolute atomic E-state index is 0.549. The van der Waals surface area contributed by atoms with Crippen LogP contribution in [0.15, 0.2) is 6.07 Å². The molecule has 0 spiro atoms. The van der Waals surface area contributed by atoms with Crippen molar-refractivity contribution in [2.75, 3.05) is 0 Å². The Morgan fingerprint density at radius 3 is 2.47 bits per heavy atom. The molecule has 92 valence electrons.